The van der Waals surface area contributed by atoms with Crippen LogP contribution in [0, 0.1) is 5.41 Å². The molecular formula is C10H19NO3. The topological polar surface area (TPSA) is 58.6 Å². The van der Waals surface area contributed by atoms with E-state index in [4.69, 9.17) is 9.84 Å². The molecule has 1 heterocycles. The molecule has 1 rings (SSSR count). The molecule has 0 aliphatic carbocycles. The third-order valence-corrected chi connectivity index (χ3v) is 2.85. The lowest BCUT2D eigenvalue weighted by Crippen LogP contribution is -2.33. The van der Waals surface area contributed by atoms with Crippen LogP contribution in [0.4, 0.5) is 0 Å². The summed E-state index contributed by atoms with van der Waals surface area (Å²) in [6, 6.07) is 0. The molecule has 1 atom stereocenters. The number of hydrogen-bond acceptors (Lipinski definition) is 3. The highest BCUT2D eigenvalue weighted by Crippen LogP contribution is 2.31. The fourth-order valence-corrected chi connectivity index (χ4v) is 1.90. The van der Waals surface area contributed by atoms with Crippen LogP contribution in [0.5, 0.6) is 0 Å². The number of ether oxygens (including phenoxy) is 1. The number of rotatable bonds is 6. The molecule has 14 heavy (non-hydrogen) atoms. The first-order chi connectivity index (χ1) is 6.71. The Hall–Kier alpha value is -0.610. The molecule has 2 N–H and O–H groups in total. The summed E-state index contributed by atoms with van der Waals surface area (Å²) in [5.41, 5.74) is -0.531. The zero-order valence-corrected chi connectivity index (χ0v) is 8.71. The van der Waals surface area contributed by atoms with Gasteiger partial charge in [-0.1, -0.05) is 0 Å². The Balaban J connectivity index is 2.33. The van der Waals surface area contributed by atoms with Gasteiger partial charge < -0.3 is 15.2 Å². The Morgan fingerprint density at radius 3 is 2.93 bits per heavy atom. The van der Waals surface area contributed by atoms with Crippen LogP contribution in [0.15, 0.2) is 0 Å². The van der Waals surface area contributed by atoms with Gasteiger partial charge in [0.2, 0.25) is 0 Å². The van der Waals surface area contributed by atoms with Crippen molar-refractivity contribution in [2.75, 3.05) is 26.3 Å². The molecule has 82 valence electrons. The predicted octanol–water partition coefficient (Wildman–Crippen LogP) is 0.867. The second kappa shape index (κ2) is 5.32. The summed E-state index contributed by atoms with van der Waals surface area (Å²) < 4.78 is 5.20. The summed E-state index contributed by atoms with van der Waals surface area (Å²) in [7, 11) is 0. The number of carboxylic acid groups (broad SMARTS) is 1. The highest BCUT2D eigenvalue weighted by Gasteiger charge is 2.40. The van der Waals surface area contributed by atoms with Crippen molar-refractivity contribution in [2.45, 2.75) is 26.2 Å². The molecule has 1 aliphatic rings. The van der Waals surface area contributed by atoms with Gasteiger partial charge in [-0.2, -0.15) is 0 Å². The second-order valence-electron chi connectivity index (χ2n) is 3.81. The molecule has 0 spiro atoms. The minimum atomic E-state index is -0.668. The van der Waals surface area contributed by atoms with Gasteiger partial charge in [0.15, 0.2) is 0 Å². The van der Waals surface area contributed by atoms with E-state index in [9.17, 15) is 4.79 Å². The maximum Gasteiger partial charge on any atom is 0.310 e. The average molecular weight is 201 g/mol. The maximum absolute atomic E-state index is 11.1. The zero-order valence-electron chi connectivity index (χ0n) is 8.71. The Morgan fingerprint density at radius 1 is 1.64 bits per heavy atom. The van der Waals surface area contributed by atoms with E-state index in [1.807, 2.05) is 6.92 Å². The standard InChI is InChI=1S/C10H19NO3/c1-2-14-7-3-4-10(9(12)13)5-6-11-8-10/h11H,2-8H2,1H3,(H,12,13). The Morgan fingerprint density at radius 2 is 2.43 bits per heavy atom. The van der Waals surface area contributed by atoms with Crippen molar-refractivity contribution in [3.63, 3.8) is 0 Å². The van der Waals surface area contributed by atoms with Crippen LogP contribution in [0.3, 0.4) is 0 Å². The summed E-state index contributed by atoms with van der Waals surface area (Å²) in [5.74, 6) is -0.668. The van der Waals surface area contributed by atoms with Crippen LogP contribution in [0.2, 0.25) is 0 Å². The van der Waals surface area contributed by atoms with E-state index in [1.165, 1.54) is 0 Å². The fraction of sp³-hybridized carbons (Fsp3) is 0.900. The highest BCUT2D eigenvalue weighted by atomic mass is 16.5. The van der Waals surface area contributed by atoms with Crippen molar-refractivity contribution in [3.8, 4) is 0 Å². The maximum atomic E-state index is 11.1. The minimum Gasteiger partial charge on any atom is -0.481 e. The molecule has 0 amide bonds. The van der Waals surface area contributed by atoms with Crippen molar-refractivity contribution < 1.29 is 14.6 Å². The molecule has 4 heteroatoms. The van der Waals surface area contributed by atoms with E-state index in [0.29, 0.717) is 19.8 Å². The highest BCUT2D eigenvalue weighted by molar-refractivity contribution is 5.75. The monoisotopic (exact) mass is 201 g/mol. The normalized spacial score (nSPS) is 26.6. The minimum absolute atomic E-state index is 0.531. The average Bonchev–Trinajstić information content (AvgIpc) is 2.62. The molecular weight excluding hydrogens is 182 g/mol. The van der Waals surface area contributed by atoms with Crippen molar-refractivity contribution >= 4 is 5.97 Å². The third-order valence-electron chi connectivity index (χ3n) is 2.85. The van der Waals surface area contributed by atoms with Crippen LogP contribution < -0.4 is 5.32 Å². The zero-order chi connectivity index (χ0) is 10.4. The number of hydrogen-bond donors (Lipinski definition) is 2. The van der Waals surface area contributed by atoms with E-state index in [-0.39, 0.29) is 0 Å². The van der Waals surface area contributed by atoms with E-state index < -0.39 is 11.4 Å². The van der Waals surface area contributed by atoms with Gasteiger partial charge in [0.05, 0.1) is 5.41 Å². The smallest absolute Gasteiger partial charge is 0.310 e. The molecule has 4 nitrogen and oxygen atoms in total. The van der Waals surface area contributed by atoms with E-state index >= 15 is 0 Å². The molecule has 1 unspecified atom stereocenters. The fourth-order valence-electron chi connectivity index (χ4n) is 1.90. The van der Waals surface area contributed by atoms with Gasteiger partial charge >= 0.3 is 5.97 Å². The molecule has 0 aromatic carbocycles. The lowest BCUT2D eigenvalue weighted by atomic mass is 9.82. The SMILES string of the molecule is CCOCCCC1(C(=O)O)CCNC1. The van der Waals surface area contributed by atoms with Crippen molar-refractivity contribution in [1.29, 1.82) is 0 Å². The number of carboxylic acids is 1. The largest absolute Gasteiger partial charge is 0.481 e. The van der Waals surface area contributed by atoms with Crippen LogP contribution >= 0.6 is 0 Å². The number of nitrogens with one attached hydrogen (secondary N) is 1. The van der Waals surface area contributed by atoms with Gasteiger partial charge in [-0.25, -0.2) is 0 Å². The summed E-state index contributed by atoms with van der Waals surface area (Å²) in [6.07, 6.45) is 2.30. The lowest BCUT2D eigenvalue weighted by molar-refractivity contribution is -0.148. The van der Waals surface area contributed by atoms with Gasteiger partial charge in [0.1, 0.15) is 0 Å². The Kier molecular flexibility index (Phi) is 4.35. The van der Waals surface area contributed by atoms with Crippen LogP contribution in [0.1, 0.15) is 26.2 Å². The molecule has 0 aromatic rings. The molecule has 1 aliphatic heterocycles. The number of carbonyl (C=O) groups is 1. The van der Waals surface area contributed by atoms with Gasteiger partial charge in [-0.3, -0.25) is 4.79 Å². The molecule has 0 aromatic heterocycles. The van der Waals surface area contributed by atoms with Gasteiger partial charge in [0.25, 0.3) is 0 Å². The molecule has 1 saturated heterocycles. The van der Waals surface area contributed by atoms with E-state index in [0.717, 1.165) is 25.8 Å². The van der Waals surface area contributed by atoms with Gasteiger partial charge in [-0.15, -0.1) is 0 Å². The van der Waals surface area contributed by atoms with Crippen LogP contribution in [-0.4, -0.2) is 37.4 Å². The Bertz CT molecular complexity index is 188. The summed E-state index contributed by atoms with van der Waals surface area (Å²) in [5, 5.41) is 12.3. The predicted molar refractivity (Wildman–Crippen MR) is 53.3 cm³/mol. The summed E-state index contributed by atoms with van der Waals surface area (Å²) >= 11 is 0. The van der Waals surface area contributed by atoms with Crippen molar-refractivity contribution in [1.82, 2.24) is 5.32 Å². The van der Waals surface area contributed by atoms with Crippen LogP contribution in [-0.2, 0) is 9.53 Å². The first-order valence-electron chi connectivity index (χ1n) is 5.23. The molecule has 0 bridgehead atoms. The summed E-state index contributed by atoms with van der Waals surface area (Å²) in [6.45, 7) is 4.75. The first-order valence-corrected chi connectivity index (χ1v) is 5.23. The summed E-state index contributed by atoms with van der Waals surface area (Å²) in [4.78, 5) is 11.1. The van der Waals surface area contributed by atoms with E-state index in [2.05, 4.69) is 5.32 Å². The van der Waals surface area contributed by atoms with Gasteiger partial charge in [-0.05, 0) is 32.7 Å². The Labute approximate surface area is 84.6 Å². The lowest BCUT2D eigenvalue weighted by Gasteiger charge is -2.22. The quantitative estimate of drug-likeness (QED) is 0.626. The van der Waals surface area contributed by atoms with Crippen molar-refractivity contribution in [3.05, 3.63) is 0 Å². The second-order valence-corrected chi connectivity index (χ2v) is 3.81. The molecule has 0 radical (unpaired) electrons. The van der Waals surface area contributed by atoms with Gasteiger partial charge in [0, 0.05) is 19.8 Å². The van der Waals surface area contributed by atoms with Crippen molar-refractivity contribution in [2.24, 2.45) is 5.41 Å². The first kappa shape index (κ1) is 11.5. The molecule has 0 saturated carbocycles. The van der Waals surface area contributed by atoms with E-state index in [1.54, 1.807) is 0 Å². The molecule has 1 fully saturated rings. The van der Waals surface area contributed by atoms with Crippen LogP contribution in [0.25, 0.3) is 0 Å². The number of aliphatic carboxylic acids is 1. The third kappa shape index (κ3) is 2.69.